The standard InChI is InChI=1S/C16H12ClFN4/c17-11-5-7-12(8-6-11)21-15-9-16(20-10-19-15)22-14-4-2-1-3-13(14)18/h1-10H,(H2,19,20,21,22). The van der Waals surface area contributed by atoms with E-state index >= 15 is 0 Å². The molecule has 0 amide bonds. The lowest BCUT2D eigenvalue weighted by molar-refractivity contribution is 0.632. The molecule has 3 rings (SSSR count). The highest BCUT2D eigenvalue weighted by Crippen LogP contribution is 2.21. The van der Waals surface area contributed by atoms with E-state index in [0.717, 1.165) is 5.69 Å². The number of hydrogen-bond donors (Lipinski definition) is 2. The summed E-state index contributed by atoms with van der Waals surface area (Å²) in [5, 5.41) is 6.71. The number of aromatic nitrogens is 2. The van der Waals surface area contributed by atoms with Crippen LogP contribution in [0.4, 0.5) is 27.4 Å². The molecular formula is C16H12ClFN4. The Bertz CT molecular complexity index is 777. The summed E-state index contributed by atoms with van der Waals surface area (Å²) in [6.07, 6.45) is 1.40. The van der Waals surface area contributed by atoms with Gasteiger partial charge in [-0.1, -0.05) is 23.7 Å². The number of benzene rings is 2. The molecule has 0 aliphatic heterocycles. The average Bonchev–Trinajstić information content (AvgIpc) is 2.52. The number of rotatable bonds is 4. The minimum atomic E-state index is -0.340. The van der Waals surface area contributed by atoms with E-state index in [-0.39, 0.29) is 5.82 Å². The zero-order valence-corrected chi connectivity index (χ0v) is 12.2. The van der Waals surface area contributed by atoms with Gasteiger partial charge in [0.1, 0.15) is 23.8 Å². The maximum Gasteiger partial charge on any atom is 0.146 e. The van der Waals surface area contributed by atoms with Crippen LogP contribution < -0.4 is 10.6 Å². The lowest BCUT2D eigenvalue weighted by Crippen LogP contribution is -1.99. The van der Waals surface area contributed by atoms with Gasteiger partial charge in [0, 0.05) is 16.8 Å². The minimum absolute atomic E-state index is 0.340. The molecule has 22 heavy (non-hydrogen) atoms. The lowest BCUT2D eigenvalue weighted by Gasteiger charge is -2.09. The highest BCUT2D eigenvalue weighted by Gasteiger charge is 2.04. The molecule has 2 aromatic carbocycles. The first-order valence-electron chi connectivity index (χ1n) is 6.57. The van der Waals surface area contributed by atoms with Crippen LogP contribution in [0.5, 0.6) is 0 Å². The third-order valence-electron chi connectivity index (χ3n) is 2.92. The Labute approximate surface area is 132 Å². The van der Waals surface area contributed by atoms with Crippen molar-refractivity contribution in [2.24, 2.45) is 0 Å². The summed E-state index contributed by atoms with van der Waals surface area (Å²) in [4.78, 5) is 8.21. The van der Waals surface area contributed by atoms with Crippen LogP contribution in [0.25, 0.3) is 0 Å². The Morgan fingerprint density at radius 1 is 0.864 bits per heavy atom. The SMILES string of the molecule is Fc1ccccc1Nc1cc(Nc2ccc(Cl)cc2)ncn1. The number of para-hydroxylation sites is 1. The first-order chi connectivity index (χ1) is 10.7. The fourth-order valence-electron chi connectivity index (χ4n) is 1.88. The van der Waals surface area contributed by atoms with Crippen LogP contribution in [0.15, 0.2) is 60.9 Å². The molecule has 0 aliphatic rings. The van der Waals surface area contributed by atoms with E-state index in [1.807, 2.05) is 12.1 Å². The van der Waals surface area contributed by atoms with E-state index in [2.05, 4.69) is 20.6 Å². The molecule has 0 fully saturated rings. The Kier molecular flexibility index (Phi) is 4.16. The normalized spacial score (nSPS) is 10.3. The Balaban J connectivity index is 1.78. The van der Waals surface area contributed by atoms with Crippen LogP contribution >= 0.6 is 11.6 Å². The van der Waals surface area contributed by atoms with Gasteiger partial charge in [0.2, 0.25) is 0 Å². The third kappa shape index (κ3) is 3.51. The van der Waals surface area contributed by atoms with Crippen LogP contribution in [0.1, 0.15) is 0 Å². The summed E-state index contributed by atoms with van der Waals surface area (Å²) in [7, 11) is 0. The summed E-state index contributed by atoms with van der Waals surface area (Å²) >= 11 is 5.85. The first-order valence-corrected chi connectivity index (χ1v) is 6.95. The molecule has 0 spiro atoms. The zero-order valence-electron chi connectivity index (χ0n) is 11.4. The molecular weight excluding hydrogens is 303 g/mol. The fourth-order valence-corrected chi connectivity index (χ4v) is 2.00. The second kappa shape index (κ2) is 6.41. The third-order valence-corrected chi connectivity index (χ3v) is 3.17. The van der Waals surface area contributed by atoms with Gasteiger partial charge in [-0.05, 0) is 36.4 Å². The van der Waals surface area contributed by atoms with Crippen LogP contribution in [0.3, 0.4) is 0 Å². The maximum absolute atomic E-state index is 13.6. The van der Waals surface area contributed by atoms with Gasteiger partial charge < -0.3 is 10.6 Å². The van der Waals surface area contributed by atoms with Gasteiger partial charge in [-0.3, -0.25) is 0 Å². The van der Waals surface area contributed by atoms with Gasteiger partial charge in [-0.25, -0.2) is 14.4 Å². The summed E-state index contributed by atoms with van der Waals surface area (Å²) < 4.78 is 13.6. The first kappa shape index (κ1) is 14.3. The Morgan fingerprint density at radius 3 is 2.27 bits per heavy atom. The average molecular weight is 315 g/mol. The molecule has 3 aromatic rings. The van der Waals surface area contributed by atoms with E-state index in [1.54, 1.807) is 36.4 Å². The van der Waals surface area contributed by atoms with E-state index in [1.165, 1.54) is 12.4 Å². The van der Waals surface area contributed by atoms with Crippen molar-refractivity contribution in [2.75, 3.05) is 10.6 Å². The number of anilines is 4. The minimum Gasteiger partial charge on any atom is -0.340 e. The molecule has 4 nitrogen and oxygen atoms in total. The molecule has 0 saturated carbocycles. The van der Waals surface area contributed by atoms with E-state index in [0.29, 0.717) is 22.3 Å². The Morgan fingerprint density at radius 2 is 1.55 bits per heavy atom. The molecule has 0 atom stereocenters. The number of nitrogens with zero attached hydrogens (tertiary/aromatic N) is 2. The molecule has 0 unspecified atom stereocenters. The van der Waals surface area contributed by atoms with E-state index in [9.17, 15) is 4.39 Å². The molecule has 1 aromatic heterocycles. The molecule has 6 heteroatoms. The van der Waals surface area contributed by atoms with Gasteiger partial charge in [0.25, 0.3) is 0 Å². The van der Waals surface area contributed by atoms with Gasteiger partial charge >= 0.3 is 0 Å². The van der Waals surface area contributed by atoms with Gasteiger partial charge in [0.05, 0.1) is 5.69 Å². The highest BCUT2D eigenvalue weighted by atomic mass is 35.5. The van der Waals surface area contributed by atoms with Gasteiger partial charge in [-0.15, -0.1) is 0 Å². The Hall–Kier alpha value is -2.66. The molecule has 0 saturated heterocycles. The van der Waals surface area contributed by atoms with E-state index in [4.69, 9.17) is 11.6 Å². The van der Waals surface area contributed by atoms with Crippen LogP contribution in [0, 0.1) is 5.82 Å². The predicted molar refractivity (Wildman–Crippen MR) is 86.4 cm³/mol. The molecule has 0 aliphatic carbocycles. The quantitative estimate of drug-likeness (QED) is 0.729. The van der Waals surface area contributed by atoms with Crippen molar-refractivity contribution >= 4 is 34.6 Å². The number of nitrogens with one attached hydrogen (secondary N) is 2. The molecule has 0 bridgehead atoms. The topological polar surface area (TPSA) is 49.8 Å². The summed E-state index contributed by atoms with van der Waals surface area (Å²) in [5.41, 5.74) is 1.21. The van der Waals surface area contributed by atoms with Crippen molar-refractivity contribution < 1.29 is 4.39 Å². The lowest BCUT2D eigenvalue weighted by atomic mass is 10.3. The second-order valence-electron chi connectivity index (χ2n) is 4.53. The summed E-state index contributed by atoms with van der Waals surface area (Å²) in [6.45, 7) is 0. The molecule has 0 radical (unpaired) electrons. The molecule has 2 N–H and O–H groups in total. The van der Waals surface area contributed by atoms with Gasteiger partial charge in [-0.2, -0.15) is 0 Å². The van der Waals surface area contributed by atoms with Crippen LogP contribution in [-0.2, 0) is 0 Å². The van der Waals surface area contributed by atoms with E-state index < -0.39 is 0 Å². The van der Waals surface area contributed by atoms with Crippen molar-refractivity contribution in [3.05, 3.63) is 71.8 Å². The van der Waals surface area contributed by atoms with Crippen LogP contribution in [-0.4, -0.2) is 9.97 Å². The van der Waals surface area contributed by atoms with Crippen molar-refractivity contribution in [3.8, 4) is 0 Å². The van der Waals surface area contributed by atoms with Crippen LogP contribution in [0.2, 0.25) is 5.02 Å². The second-order valence-corrected chi connectivity index (χ2v) is 4.96. The monoisotopic (exact) mass is 314 g/mol. The summed E-state index contributed by atoms with van der Waals surface area (Å²) in [6, 6.07) is 15.4. The fraction of sp³-hybridized carbons (Fsp3) is 0. The van der Waals surface area contributed by atoms with Crippen molar-refractivity contribution in [1.82, 2.24) is 9.97 Å². The van der Waals surface area contributed by atoms with Gasteiger partial charge in [0.15, 0.2) is 0 Å². The van der Waals surface area contributed by atoms with Crippen molar-refractivity contribution in [3.63, 3.8) is 0 Å². The zero-order chi connectivity index (χ0) is 15.4. The molecule has 1 heterocycles. The van der Waals surface area contributed by atoms with Crippen molar-refractivity contribution in [1.29, 1.82) is 0 Å². The highest BCUT2D eigenvalue weighted by molar-refractivity contribution is 6.30. The smallest absolute Gasteiger partial charge is 0.146 e. The number of halogens is 2. The van der Waals surface area contributed by atoms with Crippen molar-refractivity contribution in [2.45, 2.75) is 0 Å². The summed E-state index contributed by atoms with van der Waals surface area (Å²) in [5.74, 6) is 0.751. The molecule has 110 valence electrons. The largest absolute Gasteiger partial charge is 0.340 e. The predicted octanol–water partition coefficient (Wildman–Crippen LogP) is 4.76. The number of hydrogen-bond acceptors (Lipinski definition) is 4. The maximum atomic E-state index is 13.6.